The van der Waals surface area contributed by atoms with Crippen LogP contribution in [0, 0.1) is 0 Å². The predicted molar refractivity (Wildman–Crippen MR) is 71.2 cm³/mol. The zero-order chi connectivity index (χ0) is 12.3. The second kappa shape index (κ2) is 5.21. The number of nitrogens with one attached hydrogen (secondary N) is 1. The summed E-state index contributed by atoms with van der Waals surface area (Å²) in [5.41, 5.74) is 1.67. The van der Waals surface area contributed by atoms with Crippen molar-refractivity contribution in [3.63, 3.8) is 0 Å². The minimum atomic E-state index is 0.246. The molecular weight excluding hydrogens is 210 g/mol. The van der Waals surface area contributed by atoms with Crippen molar-refractivity contribution in [2.45, 2.75) is 64.5 Å². The highest BCUT2D eigenvalue weighted by atomic mass is 15.1. The number of nitrogens with zero attached hydrogens (tertiary/aromatic N) is 2. The molecule has 1 aromatic heterocycles. The summed E-state index contributed by atoms with van der Waals surface area (Å²) in [5.74, 6) is 0. The Kier molecular flexibility index (Phi) is 3.87. The lowest BCUT2D eigenvalue weighted by Gasteiger charge is -2.20. The third kappa shape index (κ3) is 4.15. The highest BCUT2D eigenvalue weighted by Crippen LogP contribution is 2.35. The van der Waals surface area contributed by atoms with Crippen LogP contribution in [0.4, 0.5) is 0 Å². The van der Waals surface area contributed by atoms with Gasteiger partial charge in [0, 0.05) is 23.5 Å². The van der Waals surface area contributed by atoms with Crippen molar-refractivity contribution in [2.75, 3.05) is 6.54 Å². The molecule has 96 valence electrons. The smallest absolute Gasteiger partial charge is 0.0950 e. The summed E-state index contributed by atoms with van der Waals surface area (Å²) in [4.78, 5) is 4.27. The molecule has 0 aromatic carbocycles. The topological polar surface area (TPSA) is 29.9 Å². The first kappa shape index (κ1) is 12.6. The van der Waals surface area contributed by atoms with E-state index in [0.29, 0.717) is 0 Å². The zero-order valence-electron chi connectivity index (χ0n) is 11.4. The average Bonchev–Trinajstić information content (AvgIpc) is 2.97. The summed E-state index contributed by atoms with van der Waals surface area (Å²) < 4.78 is 2.37. The molecule has 1 saturated carbocycles. The molecule has 17 heavy (non-hydrogen) atoms. The second-order valence-electron chi connectivity index (χ2n) is 6.16. The van der Waals surface area contributed by atoms with E-state index < -0.39 is 0 Å². The largest absolute Gasteiger partial charge is 0.332 e. The average molecular weight is 235 g/mol. The molecule has 0 atom stereocenters. The van der Waals surface area contributed by atoms with Crippen LogP contribution in [-0.4, -0.2) is 21.6 Å². The normalized spacial score (nSPS) is 16.4. The van der Waals surface area contributed by atoms with E-state index in [1.165, 1.54) is 37.8 Å². The number of unbranched alkanes of at least 4 members (excludes halogenated alkanes) is 1. The van der Waals surface area contributed by atoms with Crippen LogP contribution < -0.4 is 5.32 Å². The Morgan fingerprint density at radius 3 is 2.76 bits per heavy atom. The van der Waals surface area contributed by atoms with Gasteiger partial charge in [0.1, 0.15) is 0 Å². The van der Waals surface area contributed by atoms with Crippen LogP contribution in [0.1, 0.15) is 58.2 Å². The molecule has 0 aliphatic heterocycles. The van der Waals surface area contributed by atoms with Crippen LogP contribution in [0.25, 0.3) is 0 Å². The van der Waals surface area contributed by atoms with Crippen LogP contribution in [0.5, 0.6) is 0 Å². The van der Waals surface area contributed by atoms with Gasteiger partial charge in [0.25, 0.3) is 0 Å². The van der Waals surface area contributed by atoms with Gasteiger partial charge in [0.05, 0.1) is 6.33 Å². The fourth-order valence-electron chi connectivity index (χ4n) is 2.10. The molecule has 1 aliphatic carbocycles. The van der Waals surface area contributed by atoms with E-state index in [9.17, 15) is 0 Å². The Hall–Kier alpha value is -0.830. The Morgan fingerprint density at radius 2 is 2.12 bits per heavy atom. The van der Waals surface area contributed by atoms with Crippen LogP contribution in [0.2, 0.25) is 0 Å². The molecule has 3 heteroatoms. The lowest BCUT2D eigenvalue weighted by atomic mass is 10.1. The van der Waals surface area contributed by atoms with Crippen molar-refractivity contribution in [1.82, 2.24) is 14.9 Å². The first-order valence-corrected chi connectivity index (χ1v) is 6.82. The molecule has 0 amide bonds. The van der Waals surface area contributed by atoms with Crippen molar-refractivity contribution >= 4 is 0 Å². The zero-order valence-corrected chi connectivity index (χ0v) is 11.4. The number of imidazole rings is 1. The minimum Gasteiger partial charge on any atom is -0.332 e. The van der Waals surface area contributed by atoms with Crippen molar-refractivity contribution in [3.8, 4) is 0 Å². The van der Waals surface area contributed by atoms with Gasteiger partial charge in [-0.2, -0.15) is 0 Å². The fraction of sp³-hybridized carbons (Fsp3) is 0.786. The van der Waals surface area contributed by atoms with Gasteiger partial charge in [0.15, 0.2) is 0 Å². The van der Waals surface area contributed by atoms with E-state index in [4.69, 9.17) is 0 Å². The molecule has 0 spiro atoms. The number of aromatic nitrogens is 2. The minimum absolute atomic E-state index is 0.246. The van der Waals surface area contributed by atoms with Gasteiger partial charge < -0.3 is 9.88 Å². The van der Waals surface area contributed by atoms with Gasteiger partial charge in [-0.15, -0.1) is 0 Å². The van der Waals surface area contributed by atoms with Gasteiger partial charge in [-0.05, 0) is 59.4 Å². The quantitative estimate of drug-likeness (QED) is 0.768. The second-order valence-corrected chi connectivity index (χ2v) is 6.16. The van der Waals surface area contributed by atoms with Crippen LogP contribution in [-0.2, 0) is 6.42 Å². The molecular formula is C14H25N3. The summed E-state index contributed by atoms with van der Waals surface area (Å²) in [6.07, 6.45) is 10.4. The van der Waals surface area contributed by atoms with Crippen LogP contribution in [0.15, 0.2) is 12.5 Å². The van der Waals surface area contributed by atoms with E-state index in [-0.39, 0.29) is 5.54 Å². The van der Waals surface area contributed by atoms with E-state index >= 15 is 0 Å². The summed E-state index contributed by atoms with van der Waals surface area (Å²) in [7, 11) is 0. The van der Waals surface area contributed by atoms with Crippen molar-refractivity contribution in [2.24, 2.45) is 0 Å². The van der Waals surface area contributed by atoms with Gasteiger partial charge >= 0.3 is 0 Å². The lowest BCUT2D eigenvalue weighted by Crippen LogP contribution is -2.36. The standard InChI is InChI=1S/C14H25N3/c1-14(2,3)16-9-5-4-6-13-10-15-11-17(13)12-7-8-12/h10-12,16H,4-9H2,1-3H3. The third-order valence-corrected chi connectivity index (χ3v) is 3.20. The molecule has 1 aromatic rings. The molecule has 3 nitrogen and oxygen atoms in total. The molecule has 2 rings (SSSR count). The van der Waals surface area contributed by atoms with Gasteiger partial charge in [-0.25, -0.2) is 4.98 Å². The van der Waals surface area contributed by atoms with E-state index in [1.807, 2.05) is 12.5 Å². The maximum Gasteiger partial charge on any atom is 0.0950 e. The molecule has 0 radical (unpaired) electrons. The van der Waals surface area contributed by atoms with E-state index in [0.717, 1.165) is 12.6 Å². The first-order chi connectivity index (χ1) is 8.06. The molecule has 0 unspecified atom stereocenters. The third-order valence-electron chi connectivity index (χ3n) is 3.20. The Morgan fingerprint density at radius 1 is 1.35 bits per heavy atom. The molecule has 0 saturated heterocycles. The Labute approximate surface area is 105 Å². The first-order valence-electron chi connectivity index (χ1n) is 6.82. The molecule has 1 aliphatic rings. The highest BCUT2D eigenvalue weighted by molar-refractivity contribution is 5.03. The number of hydrogen-bond acceptors (Lipinski definition) is 2. The van der Waals surface area contributed by atoms with E-state index in [2.05, 4.69) is 35.6 Å². The SMILES string of the molecule is CC(C)(C)NCCCCc1cncn1C1CC1. The van der Waals surface area contributed by atoms with Crippen molar-refractivity contribution < 1.29 is 0 Å². The van der Waals surface area contributed by atoms with Gasteiger partial charge in [-0.1, -0.05) is 0 Å². The van der Waals surface area contributed by atoms with Crippen LogP contribution >= 0.6 is 0 Å². The fourth-order valence-corrected chi connectivity index (χ4v) is 2.10. The van der Waals surface area contributed by atoms with Crippen molar-refractivity contribution in [3.05, 3.63) is 18.2 Å². The number of aryl methyl sites for hydroxylation is 1. The summed E-state index contributed by atoms with van der Waals surface area (Å²) in [6, 6.07) is 0.764. The summed E-state index contributed by atoms with van der Waals surface area (Å²) in [6.45, 7) is 7.76. The lowest BCUT2D eigenvalue weighted by molar-refractivity contribution is 0.418. The van der Waals surface area contributed by atoms with E-state index in [1.54, 1.807) is 0 Å². The molecule has 1 heterocycles. The maximum absolute atomic E-state index is 4.27. The summed E-state index contributed by atoms with van der Waals surface area (Å²) in [5, 5.41) is 3.53. The monoisotopic (exact) mass is 235 g/mol. The molecule has 1 fully saturated rings. The number of hydrogen-bond donors (Lipinski definition) is 1. The maximum atomic E-state index is 4.27. The van der Waals surface area contributed by atoms with Gasteiger partial charge in [0.2, 0.25) is 0 Å². The van der Waals surface area contributed by atoms with Crippen molar-refractivity contribution in [1.29, 1.82) is 0 Å². The molecule has 0 bridgehead atoms. The van der Waals surface area contributed by atoms with Crippen LogP contribution in [0.3, 0.4) is 0 Å². The Bertz CT molecular complexity index is 345. The highest BCUT2D eigenvalue weighted by Gasteiger charge is 2.24. The predicted octanol–water partition coefficient (Wildman–Crippen LogP) is 2.93. The van der Waals surface area contributed by atoms with Gasteiger partial charge in [-0.3, -0.25) is 0 Å². The molecule has 1 N–H and O–H groups in total. The Balaban J connectivity index is 1.66. The summed E-state index contributed by atoms with van der Waals surface area (Å²) >= 11 is 0. The number of rotatable bonds is 6.